The van der Waals surface area contributed by atoms with Crippen LogP contribution >= 0.6 is 0 Å². The second-order valence-corrected chi connectivity index (χ2v) is 8.39. The van der Waals surface area contributed by atoms with Crippen molar-refractivity contribution < 1.29 is 9.59 Å². The van der Waals surface area contributed by atoms with Crippen LogP contribution in [-0.4, -0.2) is 62.1 Å². The van der Waals surface area contributed by atoms with Crippen LogP contribution in [0, 0.1) is 5.92 Å². The first-order chi connectivity index (χ1) is 16.1. The number of hydrogen-bond donors (Lipinski definition) is 0. The quantitative estimate of drug-likeness (QED) is 0.502. The fraction of sp³-hybridized carbons (Fsp3) is 0.308. The van der Waals surface area contributed by atoms with Crippen molar-refractivity contribution in [2.75, 3.05) is 19.6 Å². The van der Waals surface area contributed by atoms with Crippen molar-refractivity contribution in [3.05, 3.63) is 85.5 Å². The highest BCUT2D eigenvalue weighted by Gasteiger charge is 2.38. The lowest BCUT2D eigenvalue weighted by atomic mass is 9.97. The van der Waals surface area contributed by atoms with Crippen LogP contribution in [0.1, 0.15) is 12.5 Å². The van der Waals surface area contributed by atoms with E-state index in [1.165, 1.54) is 0 Å². The Balaban J connectivity index is 1.53. The van der Waals surface area contributed by atoms with Gasteiger partial charge in [0.2, 0.25) is 11.8 Å². The molecule has 3 aromatic rings. The van der Waals surface area contributed by atoms with Gasteiger partial charge in [-0.3, -0.25) is 19.3 Å². The molecule has 2 atom stereocenters. The van der Waals surface area contributed by atoms with E-state index in [0.29, 0.717) is 32.6 Å². The molecule has 2 amide bonds. The Kier molecular flexibility index (Phi) is 6.98. The molecule has 0 bridgehead atoms. The summed E-state index contributed by atoms with van der Waals surface area (Å²) in [5.74, 6) is -0.324. The van der Waals surface area contributed by atoms with Crippen molar-refractivity contribution >= 4 is 11.8 Å². The Hall–Kier alpha value is -3.74. The van der Waals surface area contributed by atoms with Gasteiger partial charge in [0.15, 0.2) is 0 Å². The molecule has 2 aromatic heterocycles. The second kappa shape index (κ2) is 10.3. The highest BCUT2D eigenvalue weighted by molar-refractivity contribution is 5.90. The first-order valence-electron chi connectivity index (χ1n) is 11.2. The summed E-state index contributed by atoms with van der Waals surface area (Å²) in [6, 6.07) is 13.4. The summed E-state index contributed by atoms with van der Waals surface area (Å²) in [6.07, 6.45) is 9.30. The van der Waals surface area contributed by atoms with E-state index in [1.807, 2.05) is 55.6 Å². The molecular weight excluding hydrogens is 414 g/mol. The van der Waals surface area contributed by atoms with Crippen molar-refractivity contribution in [3.63, 3.8) is 0 Å². The maximum atomic E-state index is 13.4. The normalized spacial score (nSPS) is 17.1. The number of carbonyl (C=O) groups excluding carboxylic acids is 2. The van der Waals surface area contributed by atoms with Crippen molar-refractivity contribution in [2.24, 2.45) is 5.92 Å². The zero-order valence-electron chi connectivity index (χ0n) is 18.9. The maximum Gasteiger partial charge on any atom is 0.246 e. The summed E-state index contributed by atoms with van der Waals surface area (Å²) in [5.41, 5.74) is 3.20. The molecule has 1 saturated heterocycles. The minimum atomic E-state index is -0.530. The molecule has 1 aliphatic heterocycles. The minimum Gasteiger partial charge on any atom is -0.335 e. The van der Waals surface area contributed by atoms with Gasteiger partial charge in [0, 0.05) is 50.8 Å². The molecule has 3 heterocycles. The van der Waals surface area contributed by atoms with Gasteiger partial charge < -0.3 is 9.80 Å². The lowest BCUT2D eigenvalue weighted by Crippen LogP contribution is -2.60. The molecule has 0 saturated carbocycles. The molecule has 0 radical (unpaired) electrons. The van der Waals surface area contributed by atoms with E-state index in [2.05, 4.69) is 16.7 Å². The molecule has 1 aromatic carbocycles. The van der Waals surface area contributed by atoms with Gasteiger partial charge in [-0.05, 0) is 34.9 Å². The molecule has 7 nitrogen and oxygen atoms in total. The molecular formula is C26H29N5O2. The minimum absolute atomic E-state index is 0.0180. The third kappa shape index (κ3) is 5.19. The van der Waals surface area contributed by atoms with Gasteiger partial charge in [-0.1, -0.05) is 37.3 Å². The largest absolute Gasteiger partial charge is 0.335 e. The Morgan fingerprint density at radius 2 is 1.85 bits per heavy atom. The van der Waals surface area contributed by atoms with Gasteiger partial charge in [-0.15, -0.1) is 6.58 Å². The van der Waals surface area contributed by atoms with Crippen LogP contribution in [0.25, 0.3) is 11.1 Å². The monoisotopic (exact) mass is 443 g/mol. The summed E-state index contributed by atoms with van der Waals surface area (Å²) < 4.78 is 1.76. The molecule has 170 valence electrons. The van der Waals surface area contributed by atoms with Gasteiger partial charge in [0.05, 0.1) is 12.5 Å². The van der Waals surface area contributed by atoms with Gasteiger partial charge in [0.1, 0.15) is 6.04 Å². The van der Waals surface area contributed by atoms with Crippen LogP contribution in [0.3, 0.4) is 0 Å². The predicted molar refractivity (Wildman–Crippen MR) is 127 cm³/mol. The number of benzene rings is 1. The van der Waals surface area contributed by atoms with Gasteiger partial charge in [-0.2, -0.15) is 5.10 Å². The van der Waals surface area contributed by atoms with Gasteiger partial charge in [-0.25, -0.2) is 0 Å². The number of piperazine rings is 1. The highest BCUT2D eigenvalue weighted by atomic mass is 16.2. The third-order valence-electron chi connectivity index (χ3n) is 6.05. The number of aromatic nitrogens is 3. The summed E-state index contributed by atoms with van der Waals surface area (Å²) in [6.45, 7) is 7.67. The van der Waals surface area contributed by atoms with Crippen LogP contribution in [-0.2, 0) is 22.6 Å². The molecule has 33 heavy (non-hydrogen) atoms. The highest BCUT2D eigenvalue weighted by Crippen LogP contribution is 2.23. The molecule has 0 spiro atoms. The second-order valence-electron chi connectivity index (χ2n) is 8.39. The van der Waals surface area contributed by atoms with Crippen molar-refractivity contribution in [1.82, 2.24) is 24.6 Å². The third-order valence-corrected chi connectivity index (χ3v) is 6.05. The Morgan fingerprint density at radius 1 is 1.12 bits per heavy atom. The van der Waals surface area contributed by atoms with E-state index < -0.39 is 6.04 Å². The van der Waals surface area contributed by atoms with E-state index in [9.17, 15) is 9.59 Å². The first kappa shape index (κ1) is 22.5. The van der Waals surface area contributed by atoms with Crippen molar-refractivity contribution in [1.29, 1.82) is 0 Å². The number of rotatable bonds is 8. The Labute approximate surface area is 194 Å². The average molecular weight is 444 g/mol. The summed E-state index contributed by atoms with van der Waals surface area (Å²) >= 11 is 0. The number of amides is 2. The number of carbonyl (C=O) groups is 2. The SMILES string of the molecule is C=CCN1CCN(C(=O)C(C)Cn2cccn2)C(Cc2ccc(-c3ccncc3)cc2)C1=O. The average Bonchev–Trinajstić information content (AvgIpc) is 3.35. The summed E-state index contributed by atoms with van der Waals surface area (Å²) in [4.78, 5) is 34.3. The molecule has 7 heteroatoms. The molecule has 1 fully saturated rings. The molecule has 0 aliphatic carbocycles. The number of hydrogen-bond acceptors (Lipinski definition) is 4. The summed E-state index contributed by atoms with van der Waals surface area (Å²) in [7, 11) is 0. The fourth-order valence-corrected chi connectivity index (χ4v) is 4.29. The molecule has 1 aliphatic rings. The standard InChI is InChI=1S/C26H29N5O2/c1-3-14-29-16-17-31(25(32)20(2)19-30-15-4-11-28-30)24(26(29)33)18-21-5-7-22(8-6-21)23-9-12-27-13-10-23/h3-13,15,20,24H,1,14,16-19H2,2H3. The molecule has 0 N–H and O–H groups in total. The van der Waals surface area contributed by atoms with Crippen LogP contribution in [0.5, 0.6) is 0 Å². The fourth-order valence-electron chi connectivity index (χ4n) is 4.29. The van der Waals surface area contributed by atoms with Crippen LogP contribution in [0.2, 0.25) is 0 Å². The molecule has 4 rings (SSSR count). The van der Waals surface area contributed by atoms with Crippen LogP contribution in [0.15, 0.2) is 79.9 Å². The predicted octanol–water partition coefficient (Wildman–Crippen LogP) is 3.05. The Morgan fingerprint density at radius 3 is 2.52 bits per heavy atom. The Bertz CT molecular complexity index is 1080. The maximum absolute atomic E-state index is 13.4. The van der Waals surface area contributed by atoms with Gasteiger partial charge in [0.25, 0.3) is 0 Å². The van der Waals surface area contributed by atoms with E-state index in [1.54, 1.807) is 39.1 Å². The number of nitrogens with zero attached hydrogens (tertiary/aromatic N) is 5. The lowest BCUT2D eigenvalue weighted by molar-refractivity contribution is -0.153. The van der Waals surface area contributed by atoms with Crippen LogP contribution in [0.4, 0.5) is 0 Å². The van der Waals surface area contributed by atoms with Crippen molar-refractivity contribution in [3.8, 4) is 11.1 Å². The first-order valence-corrected chi connectivity index (χ1v) is 11.2. The van der Waals surface area contributed by atoms with E-state index in [0.717, 1.165) is 16.7 Å². The van der Waals surface area contributed by atoms with E-state index >= 15 is 0 Å². The zero-order chi connectivity index (χ0) is 23.2. The van der Waals surface area contributed by atoms with E-state index in [-0.39, 0.29) is 17.7 Å². The lowest BCUT2D eigenvalue weighted by Gasteiger charge is -2.41. The van der Waals surface area contributed by atoms with E-state index in [4.69, 9.17) is 0 Å². The zero-order valence-corrected chi connectivity index (χ0v) is 18.9. The number of pyridine rings is 1. The smallest absolute Gasteiger partial charge is 0.246 e. The van der Waals surface area contributed by atoms with Gasteiger partial charge >= 0.3 is 0 Å². The topological polar surface area (TPSA) is 71.3 Å². The van der Waals surface area contributed by atoms with Crippen LogP contribution < -0.4 is 0 Å². The van der Waals surface area contributed by atoms with Crippen molar-refractivity contribution in [2.45, 2.75) is 25.9 Å². The summed E-state index contributed by atoms with van der Waals surface area (Å²) in [5, 5.41) is 4.21. The molecule has 2 unspecified atom stereocenters.